The van der Waals surface area contributed by atoms with Gasteiger partial charge in [-0.1, -0.05) is 61.3 Å². The van der Waals surface area contributed by atoms with E-state index in [-0.39, 0.29) is 29.0 Å². The second kappa shape index (κ2) is 14.4. The van der Waals surface area contributed by atoms with Crippen LogP contribution >= 0.6 is 11.6 Å². The van der Waals surface area contributed by atoms with E-state index in [1.807, 2.05) is 27.7 Å². The van der Waals surface area contributed by atoms with Crippen LogP contribution in [-0.2, 0) is 26.2 Å². The lowest BCUT2D eigenvalue weighted by Crippen LogP contribution is -2.51. The van der Waals surface area contributed by atoms with Crippen molar-refractivity contribution in [3.05, 3.63) is 88.9 Å². The molecule has 0 aliphatic heterocycles. The zero-order valence-corrected chi connectivity index (χ0v) is 25.7. The molecular weight excluding hydrogens is 562 g/mol. The average Bonchev–Trinajstić information content (AvgIpc) is 2.94. The minimum absolute atomic E-state index is 0.0243. The summed E-state index contributed by atoms with van der Waals surface area (Å²) < 4.78 is 34.4. The summed E-state index contributed by atoms with van der Waals surface area (Å²) in [4.78, 5) is 28.5. The smallest absolute Gasteiger partial charge is 0.264 e. The van der Waals surface area contributed by atoms with E-state index in [2.05, 4.69) is 5.32 Å². The monoisotopic (exact) mass is 599 g/mol. The summed E-state index contributed by atoms with van der Waals surface area (Å²) >= 11 is 6.41. The molecule has 1 N–H and O–H groups in total. The van der Waals surface area contributed by atoms with Crippen LogP contribution in [-0.4, -0.2) is 50.9 Å². The van der Waals surface area contributed by atoms with Crippen LogP contribution in [0.5, 0.6) is 5.75 Å². The second-order valence-electron chi connectivity index (χ2n) is 10.2. The van der Waals surface area contributed by atoms with Crippen molar-refractivity contribution in [1.29, 1.82) is 0 Å². The molecule has 0 aliphatic carbocycles. The lowest BCUT2D eigenvalue weighted by molar-refractivity contribution is -0.139. The maximum Gasteiger partial charge on any atom is 0.264 e. The van der Waals surface area contributed by atoms with Gasteiger partial charge in [-0.2, -0.15) is 0 Å². The van der Waals surface area contributed by atoms with Gasteiger partial charge >= 0.3 is 0 Å². The van der Waals surface area contributed by atoms with Gasteiger partial charge in [0.05, 0.1) is 17.2 Å². The predicted molar refractivity (Wildman–Crippen MR) is 163 cm³/mol. The van der Waals surface area contributed by atoms with Crippen LogP contribution in [0.1, 0.15) is 38.8 Å². The third-order valence-corrected chi connectivity index (χ3v) is 8.63. The van der Waals surface area contributed by atoms with Crippen LogP contribution in [0.15, 0.2) is 77.7 Å². The standard InChI is InChI=1S/C31H38ClN3O5S/c1-6-40-27-15-13-26(14-16-27)35(41(38,39)28-17-11-23(4)12-18-28)21-30(36)34(20-25-9-7-8-10-29(25)32)24(5)31(37)33-19-22(2)3/h7-18,22,24H,6,19-21H2,1-5H3,(H,33,37). The Morgan fingerprint density at radius 3 is 2.17 bits per heavy atom. The number of hydrogen-bond donors (Lipinski definition) is 1. The molecule has 0 fully saturated rings. The van der Waals surface area contributed by atoms with Gasteiger partial charge in [0.1, 0.15) is 18.3 Å². The van der Waals surface area contributed by atoms with Gasteiger partial charge in [-0.3, -0.25) is 13.9 Å². The normalized spacial score (nSPS) is 12.1. The number of anilines is 1. The highest BCUT2D eigenvalue weighted by Crippen LogP contribution is 2.27. The minimum atomic E-state index is -4.15. The number of aryl methyl sites for hydroxylation is 1. The summed E-state index contributed by atoms with van der Waals surface area (Å²) in [7, 11) is -4.15. The van der Waals surface area contributed by atoms with Crippen LogP contribution in [0.3, 0.4) is 0 Å². The van der Waals surface area contributed by atoms with E-state index in [1.54, 1.807) is 67.6 Å². The van der Waals surface area contributed by atoms with Crippen molar-refractivity contribution >= 4 is 39.1 Å². The Balaban J connectivity index is 2.03. The molecule has 0 saturated heterocycles. The number of hydrogen-bond acceptors (Lipinski definition) is 5. The number of benzene rings is 3. The van der Waals surface area contributed by atoms with E-state index in [1.165, 1.54) is 17.0 Å². The van der Waals surface area contributed by atoms with Crippen molar-refractivity contribution in [3.63, 3.8) is 0 Å². The van der Waals surface area contributed by atoms with Gasteiger partial charge in [-0.15, -0.1) is 0 Å². The third kappa shape index (κ3) is 8.47. The highest BCUT2D eigenvalue weighted by atomic mass is 35.5. The van der Waals surface area contributed by atoms with Gasteiger partial charge in [0, 0.05) is 18.1 Å². The number of amides is 2. The summed E-state index contributed by atoms with van der Waals surface area (Å²) in [6.07, 6.45) is 0. The fourth-order valence-electron chi connectivity index (χ4n) is 4.09. The van der Waals surface area contributed by atoms with Crippen LogP contribution in [0.4, 0.5) is 5.69 Å². The summed E-state index contributed by atoms with van der Waals surface area (Å²) in [5.41, 5.74) is 1.83. The predicted octanol–water partition coefficient (Wildman–Crippen LogP) is 5.43. The lowest BCUT2D eigenvalue weighted by atomic mass is 10.1. The Labute approximate surface area is 248 Å². The molecule has 0 heterocycles. The first kappa shape index (κ1) is 32.0. The molecule has 0 saturated carbocycles. The minimum Gasteiger partial charge on any atom is -0.494 e. The van der Waals surface area contributed by atoms with Gasteiger partial charge < -0.3 is 15.0 Å². The van der Waals surface area contributed by atoms with Crippen LogP contribution in [0, 0.1) is 12.8 Å². The number of ether oxygens (including phenoxy) is 1. The Kier molecular flexibility index (Phi) is 11.2. The summed E-state index contributed by atoms with van der Waals surface area (Å²) in [6, 6.07) is 19.1. The number of carbonyl (C=O) groups is 2. The molecule has 3 aromatic rings. The molecule has 10 heteroatoms. The van der Waals surface area contributed by atoms with Crippen LogP contribution in [0.25, 0.3) is 0 Å². The molecule has 2 amide bonds. The number of carbonyl (C=O) groups excluding carboxylic acids is 2. The topological polar surface area (TPSA) is 96.0 Å². The van der Waals surface area contributed by atoms with Crippen molar-refractivity contribution < 1.29 is 22.7 Å². The summed E-state index contributed by atoms with van der Waals surface area (Å²) in [5, 5.41) is 3.31. The number of halogens is 1. The first-order valence-corrected chi connectivity index (χ1v) is 15.4. The van der Waals surface area contributed by atoms with Gasteiger partial charge in [0.2, 0.25) is 11.8 Å². The lowest BCUT2D eigenvalue weighted by Gasteiger charge is -2.32. The molecule has 0 spiro atoms. The van der Waals surface area contributed by atoms with Crippen molar-refractivity contribution in [2.24, 2.45) is 5.92 Å². The fraction of sp³-hybridized carbons (Fsp3) is 0.355. The number of nitrogens with zero attached hydrogens (tertiary/aromatic N) is 2. The Morgan fingerprint density at radius 1 is 0.951 bits per heavy atom. The van der Waals surface area contributed by atoms with E-state index in [0.29, 0.717) is 29.5 Å². The molecule has 0 aliphatic rings. The maximum absolute atomic E-state index is 14.0. The van der Waals surface area contributed by atoms with E-state index in [9.17, 15) is 18.0 Å². The largest absolute Gasteiger partial charge is 0.494 e. The van der Waals surface area contributed by atoms with E-state index in [4.69, 9.17) is 16.3 Å². The molecule has 0 radical (unpaired) electrons. The maximum atomic E-state index is 14.0. The molecule has 8 nitrogen and oxygen atoms in total. The van der Waals surface area contributed by atoms with Gasteiger partial charge in [-0.05, 0) is 74.7 Å². The highest BCUT2D eigenvalue weighted by molar-refractivity contribution is 7.92. The van der Waals surface area contributed by atoms with Gasteiger partial charge in [0.15, 0.2) is 0 Å². The Bertz CT molecular complexity index is 1430. The molecule has 1 atom stereocenters. The number of nitrogens with one attached hydrogen (secondary N) is 1. The van der Waals surface area contributed by atoms with Crippen molar-refractivity contribution in [1.82, 2.24) is 10.2 Å². The molecule has 3 aromatic carbocycles. The van der Waals surface area contributed by atoms with Crippen molar-refractivity contribution in [3.8, 4) is 5.75 Å². The fourth-order valence-corrected chi connectivity index (χ4v) is 5.70. The van der Waals surface area contributed by atoms with Gasteiger partial charge in [0.25, 0.3) is 10.0 Å². The average molecular weight is 600 g/mol. The second-order valence-corrected chi connectivity index (χ2v) is 12.4. The van der Waals surface area contributed by atoms with E-state index >= 15 is 0 Å². The molecule has 0 aromatic heterocycles. The van der Waals surface area contributed by atoms with Crippen molar-refractivity contribution in [2.45, 2.75) is 52.1 Å². The quantitative estimate of drug-likeness (QED) is 0.283. The van der Waals surface area contributed by atoms with Crippen LogP contribution in [0.2, 0.25) is 5.02 Å². The summed E-state index contributed by atoms with van der Waals surface area (Å²) in [6.45, 7) is 9.68. The SMILES string of the molecule is CCOc1ccc(N(CC(=O)N(Cc2ccccc2Cl)C(C)C(=O)NCC(C)C)S(=O)(=O)c2ccc(C)cc2)cc1. The zero-order valence-electron chi connectivity index (χ0n) is 24.1. The number of sulfonamides is 1. The van der Waals surface area contributed by atoms with Crippen molar-refractivity contribution in [2.75, 3.05) is 24.0 Å². The Hall–Kier alpha value is -3.56. The Morgan fingerprint density at radius 2 is 1.59 bits per heavy atom. The van der Waals surface area contributed by atoms with Crippen LogP contribution < -0.4 is 14.4 Å². The first-order valence-electron chi connectivity index (χ1n) is 13.6. The molecule has 0 bridgehead atoms. The third-order valence-electron chi connectivity index (χ3n) is 6.47. The molecule has 1 unspecified atom stereocenters. The number of rotatable bonds is 13. The molecule has 220 valence electrons. The molecule has 3 rings (SSSR count). The van der Waals surface area contributed by atoms with E-state index < -0.39 is 28.5 Å². The molecule has 41 heavy (non-hydrogen) atoms. The van der Waals surface area contributed by atoms with E-state index in [0.717, 1.165) is 9.87 Å². The first-order chi connectivity index (χ1) is 19.4. The highest BCUT2D eigenvalue weighted by Gasteiger charge is 2.32. The zero-order chi connectivity index (χ0) is 30.2. The summed E-state index contributed by atoms with van der Waals surface area (Å²) in [5.74, 6) is -0.102. The molecular formula is C31H38ClN3O5S. The van der Waals surface area contributed by atoms with Gasteiger partial charge in [-0.25, -0.2) is 8.42 Å².